The van der Waals surface area contributed by atoms with E-state index in [0.717, 1.165) is 30.6 Å². The molecule has 2 aromatic heterocycles. The summed E-state index contributed by atoms with van der Waals surface area (Å²) in [4.78, 5) is 8.59. The monoisotopic (exact) mass is 266 g/mol. The fourth-order valence-electron chi connectivity index (χ4n) is 2.46. The highest BCUT2D eigenvalue weighted by molar-refractivity contribution is 6.31. The van der Waals surface area contributed by atoms with Crippen LogP contribution in [-0.2, 0) is 11.3 Å². The molecule has 1 saturated heterocycles. The molecule has 6 heteroatoms. The second kappa shape index (κ2) is 4.10. The standard InChI is InChI=1S/C12H15ClN4O/c1-12(3-2-4-18-12)7-17-10-9(16-11(17)14)5-8(13)6-15-10/h5-6H,2-4,7H2,1H3,(H2,14,16). The van der Waals surface area contributed by atoms with Crippen LogP contribution < -0.4 is 5.73 Å². The number of hydrogen-bond donors (Lipinski definition) is 1. The molecule has 0 aliphatic carbocycles. The van der Waals surface area contributed by atoms with E-state index in [4.69, 9.17) is 22.1 Å². The zero-order valence-corrected chi connectivity index (χ0v) is 10.9. The van der Waals surface area contributed by atoms with Crippen LogP contribution in [0.4, 0.5) is 5.95 Å². The lowest BCUT2D eigenvalue weighted by atomic mass is 10.0. The van der Waals surface area contributed by atoms with Gasteiger partial charge in [-0.2, -0.15) is 0 Å². The first-order valence-corrected chi connectivity index (χ1v) is 6.36. The van der Waals surface area contributed by atoms with E-state index in [1.165, 1.54) is 0 Å². The number of nitrogens with zero attached hydrogens (tertiary/aromatic N) is 3. The summed E-state index contributed by atoms with van der Waals surface area (Å²) in [6.07, 6.45) is 3.72. The molecule has 0 spiro atoms. The molecule has 0 radical (unpaired) electrons. The highest BCUT2D eigenvalue weighted by Gasteiger charge is 2.31. The SMILES string of the molecule is CC1(Cn2c(N)nc3cc(Cl)cnc32)CCCO1. The molecule has 1 aliphatic heterocycles. The minimum Gasteiger partial charge on any atom is -0.373 e. The van der Waals surface area contributed by atoms with E-state index in [0.29, 0.717) is 17.5 Å². The van der Waals surface area contributed by atoms with Gasteiger partial charge >= 0.3 is 0 Å². The predicted molar refractivity (Wildman–Crippen MR) is 70.5 cm³/mol. The molecule has 18 heavy (non-hydrogen) atoms. The summed E-state index contributed by atoms with van der Waals surface area (Å²) in [6.45, 7) is 3.58. The molecule has 3 rings (SSSR count). The van der Waals surface area contributed by atoms with Crippen molar-refractivity contribution in [3.63, 3.8) is 0 Å². The van der Waals surface area contributed by atoms with E-state index in [-0.39, 0.29) is 5.60 Å². The molecule has 3 heterocycles. The molecule has 0 aromatic carbocycles. The van der Waals surface area contributed by atoms with Gasteiger partial charge in [-0.1, -0.05) is 11.6 Å². The minimum atomic E-state index is -0.178. The molecule has 0 bridgehead atoms. The number of anilines is 1. The molecular weight excluding hydrogens is 252 g/mol. The third-order valence-corrected chi connectivity index (χ3v) is 3.58. The molecule has 2 N–H and O–H groups in total. The Bertz CT molecular complexity index is 589. The topological polar surface area (TPSA) is 66.0 Å². The van der Waals surface area contributed by atoms with Gasteiger partial charge in [-0.3, -0.25) is 4.57 Å². The third kappa shape index (κ3) is 1.93. The fraction of sp³-hybridized carbons (Fsp3) is 0.500. The van der Waals surface area contributed by atoms with Crippen molar-refractivity contribution in [3.8, 4) is 0 Å². The van der Waals surface area contributed by atoms with Crippen molar-refractivity contribution in [1.82, 2.24) is 14.5 Å². The summed E-state index contributed by atoms with van der Waals surface area (Å²) in [7, 11) is 0. The number of nitrogens with two attached hydrogens (primary N) is 1. The normalized spacial score (nSPS) is 23.9. The maximum absolute atomic E-state index is 5.95. The van der Waals surface area contributed by atoms with E-state index in [9.17, 15) is 0 Å². The van der Waals surface area contributed by atoms with Gasteiger partial charge in [0.1, 0.15) is 5.52 Å². The molecular formula is C12H15ClN4O. The number of hydrogen-bond acceptors (Lipinski definition) is 4. The van der Waals surface area contributed by atoms with Crippen LogP contribution in [-0.4, -0.2) is 26.7 Å². The average molecular weight is 267 g/mol. The predicted octanol–water partition coefficient (Wildman–Crippen LogP) is 2.24. The number of ether oxygens (including phenoxy) is 1. The molecule has 96 valence electrons. The number of fused-ring (bicyclic) bond motifs is 1. The number of rotatable bonds is 2. The van der Waals surface area contributed by atoms with Gasteiger partial charge in [-0.05, 0) is 25.8 Å². The summed E-state index contributed by atoms with van der Waals surface area (Å²) in [5.74, 6) is 0.455. The summed E-state index contributed by atoms with van der Waals surface area (Å²) < 4.78 is 7.68. The van der Waals surface area contributed by atoms with Crippen LogP contribution in [0.15, 0.2) is 12.3 Å². The molecule has 1 atom stereocenters. The summed E-state index contributed by atoms with van der Waals surface area (Å²) >= 11 is 5.90. The van der Waals surface area contributed by atoms with E-state index in [1.807, 2.05) is 4.57 Å². The van der Waals surface area contributed by atoms with Crippen LogP contribution >= 0.6 is 11.6 Å². The maximum Gasteiger partial charge on any atom is 0.202 e. The van der Waals surface area contributed by atoms with Crippen LogP contribution in [0.3, 0.4) is 0 Å². The lowest BCUT2D eigenvalue weighted by molar-refractivity contribution is 0.00740. The Kier molecular flexibility index (Phi) is 2.68. The number of aromatic nitrogens is 3. The van der Waals surface area contributed by atoms with E-state index in [2.05, 4.69) is 16.9 Å². The first kappa shape index (κ1) is 11.7. The van der Waals surface area contributed by atoms with E-state index < -0.39 is 0 Å². The smallest absolute Gasteiger partial charge is 0.202 e. The Morgan fingerprint density at radius 1 is 1.61 bits per heavy atom. The van der Waals surface area contributed by atoms with Crippen molar-refractivity contribution in [2.45, 2.75) is 31.9 Å². The third-order valence-electron chi connectivity index (χ3n) is 3.37. The maximum atomic E-state index is 5.95. The van der Waals surface area contributed by atoms with Gasteiger partial charge in [-0.15, -0.1) is 0 Å². The Hall–Kier alpha value is -1.33. The molecule has 5 nitrogen and oxygen atoms in total. The molecule has 1 fully saturated rings. The van der Waals surface area contributed by atoms with Crippen molar-refractivity contribution in [1.29, 1.82) is 0 Å². The van der Waals surface area contributed by atoms with Crippen LogP contribution in [0.1, 0.15) is 19.8 Å². The second-order valence-corrected chi connectivity index (χ2v) is 5.39. The van der Waals surface area contributed by atoms with E-state index in [1.54, 1.807) is 12.3 Å². The summed E-state index contributed by atoms with van der Waals surface area (Å²) in [5.41, 5.74) is 7.26. The lowest BCUT2D eigenvalue weighted by Crippen LogP contribution is -2.30. The van der Waals surface area contributed by atoms with Crippen LogP contribution in [0.2, 0.25) is 5.02 Å². The molecule has 1 aliphatic rings. The molecule has 1 unspecified atom stereocenters. The number of pyridine rings is 1. The molecule has 2 aromatic rings. The Labute approximate surface area is 110 Å². The van der Waals surface area contributed by atoms with Crippen LogP contribution in [0.25, 0.3) is 11.2 Å². The number of halogens is 1. The van der Waals surface area contributed by atoms with Gasteiger partial charge in [-0.25, -0.2) is 9.97 Å². The van der Waals surface area contributed by atoms with Crippen molar-refractivity contribution in [3.05, 3.63) is 17.3 Å². The lowest BCUT2D eigenvalue weighted by Gasteiger charge is -2.24. The van der Waals surface area contributed by atoms with E-state index >= 15 is 0 Å². The van der Waals surface area contributed by atoms with Gasteiger partial charge in [0.15, 0.2) is 5.65 Å². The highest BCUT2D eigenvalue weighted by atomic mass is 35.5. The van der Waals surface area contributed by atoms with Crippen molar-refractivity contribution in [2.24, 2.45) is 0 Å². The Morgan fingerprint density at radius 2 is 2.44 bits per heavy atom. The van der Waals surface area contributed by atoms with Gasteiger partial charge in [0.05, 0.1) is 17.2 Å². The summed E-state index contributed by atoms with van der Waals surface area (Å²) in [5, 5.41) is 0.565. The number of nitrogen functional groups attached to an aromatic ring is 1. The average Bonchev–Trinajstić information content (AvgIpc) is 2.85. The van der Waals surface area contributed by atoms with Gasteiger partial charge in [0.2, 0.25) is 5.95 Å². The first-order chi connectivity index (χ1) is 8.57. The Morgan fingerprint density at radius 3 is 3.17 bits per heavy atom. The van der Waals surface area contributed by atoms with Gasteiger partial charge in [0, 0.05) is 12.8 Å². The largest absolute Gasteiger partial charge is 0.373 e. The van der Waals surface area contributed by atoms with Crippen molar-refractivity contribution < 1.29 is 4.74 Å². The van der Waals surface area contributed by atoms with Gasteiger partial charge < -0.3 is 10.5 Å². The van der Waals surface area contributed by atoms with Gasteiger partial charge in [0.25, 0.3) is 0 Å². The van der Waals surface area contributed by atoms with Crippen molar-refractivity contribution >= 4 is 28.7 Å². The van der Waals surface area contributed by atoms with Crippen LogP contribution in [0.5, 0.6) is 0 Å². The highest BCUT2D eigenvalue weighted by Crippen LogP contribution is 2.29. The zero-order valence-electron chi connectivity index (χ0n) is 10.2. The molecule has 0 saturated carbocycles. The number of imidazole rings is 1. The molecule has 0 amide bonds. The zero-order chi connectivity index (χ0) is 12.8. The first-order valence-electron chi connectivity index (χ1n) is 5.99. The summed E-state index contributed by atoms with van der Waals surface area (Å²) in [6, 6.07) is 1.77. The quantitative estimate of drug-likeness (QED) is 0.905. The van der Waals surface area contributed by atoms with Crippen molar-refractivity contribution in [2.75, 3.05) is 12.3 Å². The Balaban J connectivity index is 2.03. The fourth-order valence-corrected chi connectivity index (χ4v) is 2.61. The second-order valence-electron chi connectivity index (χ2n) is 4.95. The van der Waals surface area contributed by atoms with Crippen LogP contribution in [0, 0.1) is 0 Å². The minimum absolute atomic E-state index is 0.178.